The highest BCUT2D eigenvalue weighted by atomic mass is 16.2. The summed E-state index contributed by atoms with van der Waals surface area (Å²) in [5, 5.41) is 3.40. The third-order valence-corrected chi connectivity index (χ3v) is 3.17. The Bertz CT molecular complexity index is 245. The number of hydrogen-bond donors (Lipinski definition) is 1. The van der Waals surface area contributed by atoms with Crippen molar-refractivity contribution in [1.29, 1.82) is 0 Å². The van der Waals surface area contributed by atoms with Gasteiger partial charge >= 0.3 is 0 Å². The monoisotopic (exact) mass is 226 g/mol. The number of piperazine rings is 1. The van der Waals surface area contributed by atoms with Gasteiger partial charge in [0.25, 0.3) is 0 Å². The van der Waals surface area contributed by atoms with Crippen LogP contribution in [0.4, 0.5) is 0 Å². The lowest BCUT2D eigenvalue weighted by Gasteiger charge is -2.38. The summed E-state index contributed by atoms with van der Waals surface area (Å²) in [6.07, 6.45) is 1.65. The lowest BCUT2D eigenvalue weighted by atomic mass is 9.90. The molecule has 1 amide bonds. The van der Waals surface area contributed by atoms with Crippen molar-refractivity contribution in [2.45, 2.75) is 59.5 Å². The van der Waals surface area contributed by atoms with Crippen LogP contribution < -0.4 is 5.32 Å². The van der Waals surface area contributed by atoms with Crippen LogP contribution in [0.2, 0.25) is 0 Å². The first-order valence-corrected chi connectivity index (χ1v) is 6.32. The molecular weight excluding hydrogens is 200 g/mol. The molecule has 2 unspecified atom stereocenters. The highest BCUT2D eigenvalue weighted by Crippen LogP contribution is 2.22. The SMILES string of the molecule is CC1CN(C(=O)CCC(C)(C)C)C(C)CN1. The predicted molar refractivity (Wildman–Crippen MR) is 67.3 cm³/mol. The van der Waals surface area contributed by atoms with Crippen molar-refractivity contribution in [2.75, 3.05) is 13.1 Å². The van der Waals surface area contributed by atoms with Gasteiger partial charge in [-0.1, -0.05) is 20.8 Å². The van der Waals surface area contributed by atoms with Crippen LogP contribution in [0.15, 0.2) is 0 Å². The molecule has 2 atom stereocenters. The molecule has 1 fully saturated rings. The quantitative estimate of drug-likeness (QED) is 0.781. The van der Waals surface area contributed by atoms with E-state index in [0.717, 1.165) is 19.5 Å². The third-order valence-electron chi connectivity index (χ3n) is 3.17. The topological polar surface area (TPSA) is 32.3 Å². The smallest absolute Gasteiger partial charge is 0.222 e. The summed E-state index contributed by atoms with van der Waals surface area (Å²) in [7, 11) is 0. The van der Waals surface area contributed by atoms with Crippen LogP contribution in [0, 0.1) is 5.41 Å². The van der Waals surface area contributed by atoms with Gasteiger partial charge in [-0.2, -0.15) is 0 Å². The number of nitrogens with one attached hydrogen (secondary N) is 1. The van der Waals surface area contributed by atoms with Gasteiger partial charge in [-0.3, -0.25) is 4.79 Å². The zero-order chi connectivity index (χ0) is 12.3. The average Bonchev–Trinajstić information content (AvgIpc) is 2.17. The molecule has 0 radical (unpaired) electrons. The van der Waals surface area contributed by atoms with E-state index in [-0.39, 0.29) is 5.41 Å². The molecule has 3 heteroatoms. The van der Waals surface area contributed by atoms with Crippen LogP contribution >= 0.6 is 0 Å². The Balaban J connectivity index is 2.46. The van der Waals surface area contributed by atoms with E-state index in [2.05, 4.69) is 39.9 Å². The zero-order valence-electron chi connectivity index (χ0n) is 11.3. The number of amides is 1. The van der Waals surface area contributed by atoms with Crippen molar-refractivity contribution >= 4 is 5.91 Å². The molecular formula is C13H26N2O. The molecule has 0 aromatic rings. The molecule has 1 aliphatic heterocycles. The molecule has 0 saturated carbocycles. The highest BCUT2D eigenvalue weighted by molar-refractivity contribution is 5.76. The molecule has 1 N–H and O–H groups in total. The van der Waals surface area contributed by atoms with Crippen molar-refractivity contribution in [2.24, 2.45) is 5.41 Å². The Labute approximate surface area is 99.6 Å². The normalized spacial score (nSPS) is 26.9. The third kappa shape index (κ3) is 4.12. The summed E-state index contributed by atoms with van der Waals surface area (Å²) in [6.45, 7) is 12.6. The zero-order valence-corrected chi connectivity index (χ0v) is 11.3. The maximum atomic E-state index is 12.1. The maximum absolute atomic E-state index is 12.1. The van der Waals surface area contributed by atoms with Crippen LogP contribution in [0.25, 0.3) is 0 Å². The molecule has 1 heterocycles. The molecule has 1 saturated heterocycles. The van der Waals surface area contributed by atoms with Crippen LogP contribution in [0.3, 0.4) is 0 Å². The van der Waals surface area contributed by atoms with E-state index < -0.39 is 0 Å². The molecule has 0 spiro atoms. The van der Waals surface area contributed by atoms with Gasteiger partial charge in [-0.05, 0) is 25.7 Å². The van der Waals surface area contributed by atoms with Gasteiger partial charge in [-0.25, -0.2) is 0 Å². The van der Waals surface area contributed by atoms with Crippen molar-refractivity contribution in [3.8, 4) is 0 Å². The highest BCUT2D eigenvalue weighted by Gasteiger charge is 2.26. The lowest BCUT2D eigenvalue weighted by Crippen LogP contribution is -2.56. The van der Waals surface area contributed by atoms with Gasteiger partial charge in [0.1, 0.15) is 0 Å². The molecule has 16 heavy (non-hydrogen) atoms. The van der Waals surface area contributed by atoms with Crippen LogP contribution in [-0.4, -0.2) is 36.0 Å². The largest absolute Gasteiger partial charge is 0.337 e. The summed E-state index contributed by atoms with van der Waals surface area (Å²) in [5.74, 6) is 0.316. The second-order valence-electron chi connectivity index (χ2n) is 6.27. The van der Waals surface area contributed by atoms with Gasteiger partial charge in [0.05, 0.1) is 0 Å². The maximum Gasteiger partial charge on any atom is 0.222 e. The molecule has 0 aromatic heterocycles. The summed E-state index contributed by atoms with van der Waals surface area (Å²) in [4.78, 5) is 14.1. The van der Waals surface area contributed by atoms with E-state index in [1.165, 1.54) is 0 Å². The number of nitrogens with zero attached hydrogens (tertiary/aromatic N) is 1. The van der Waals surface area contributed by atoms with Crippen molar-refractivity contribution < 1.29 is 4.79 Å². The number of rotatable bonds is 2. The van der Waals surface area contributed by atoms with Crippen molar-refractivity contribution in [1.82, 2.24) is 10.2 Å². The minimum Gasteiger partial charge on any atom is -0.337 e. The van der Waals surface area contributed by atoms with Gasteiger partial charge in [0.15, 0.2) is 0 Å². The fourth-order valence-corrected chi connectivity index (χ4v) is 1.99. The van der Waals surface area contributed by atoms with Crippen LogP contribution in [0.1, 0.15) is 47.5 Å². The number of hydrogen-bond acceptors (Lipinski definition) is 2. The molecule has 0 aliphatic carbocycles. The second-order valence-corrected chi connectivity index (χ2v) is 6.27. The molecule has 3 nitrogen and oxygen atoms in total. The van der Waals surface area contributed by atoms with Crippen molar-refractivity contribution in [3.63, 3.8) is 0 Å². The predicted octanol–water partition coefficient (Wildman–Crippen LogP) is 2.02. The van der Waals surface area contributed by atoms with Gasteiger partial charge < -0.3 is 10.2 Å². The molecule has 1 rings (SSSR count). The first kappa shape index (κ1) is 13.5. The fourth-order valence-electron chi connectivity index (χ4n) is 1.99. The Hall–Kier alpha value is -0.570. The van der Waals surface area contributed by atoms with Gasteiger partial charge in [0.2, 0.25) is 5.91 Å². The second kappa shape index (κ2) is 5.17. The number of carbonyl (C=O) groups excluding carboxylic acids is 1. The van der Waals surface area contributed by atoms with Crippen LogP contribution in [-0.2, 0) is 4.79 Å². The first-order chi connectivity index (χ1) is 7.29. The minimum absolute atomic E-state index is 0.249. The molecule has 0 aromatic carbocycles. The van der Waals surface area contributed by atoms with Gasteiger partial charge in [-0.15, -0.1) is 0 Å². The summed E-state index contributed by atoms with van der Waals surface area (Å²) in [6, 6.07) is 0.762. The first-order valence-electron chi connectivity index (χ1n) is 6.32. The Morgan fingerprint density at radius 2 is 2.00 bits per heavy atom. The molecule has 94 valence electrons. The minimum atomic E-state index is 0.249. The van der Waals surface area contributed by atoms with Gasteiger partial charge in [0, 0.05) is 31.6 Å². The van der Waals surface area contributed by atoms with E-state index >= 15 is 0 Å². The summed E-state index contributed by atoms with van der Waals surface area (Å²) in [5.41, 5.74) is 0.249. The van der Waals surface area contributed by atoms with E-state index in [0.29, 0.717) is 24.4 Å². The Kier molecular flexibility index (Phi) is 4.36. The summed E-state index contributed by atoms with van der Waals surface area (Å²) < 4.78 is 0. The average molecular weight is 226 g/mol. The number of carbonyl (C=O) groups is 1. The van der Waals surface area contributed by atoms with Crippen LogP contribution in [0.5, 0.6) is 0 Å². The van der Waals surface area contributed by atoms with E-state index in [1.54, 1.807) is 0 Å². The lowest BCUT2D eigenvalue weighted by molar-refractivity contribution is -0.135. The standard InChI is InChI=1S/C13H26N2O/c1-10-9-15(11(2)8-14-10)12(16)6-7-13(3,4)5/h10-11,14H,6-9H2,1-5H3. The Morgan fingerprint density at radius 1 is 1.38 bits per heavy atom. The van der Waals surface area contributed by atoms with E-state index in [4.69, 9.17) is 0 Å². The van der Waals surface area contributed by atoms with E-state index in [9.17, 15) is 4.79 Å². The van der Waals surface area contributed by atoms with E-state index in [1.807, 2.05) is 4.90 Å². The fraction of sp³-hybridized carbons (Fsp3) is 0.923. The summed E-state index contributed by atoms with van der Waals surface area (Å²) >= 11 is 0. The Morgan fingerprint density at radius 3 is 2.56 bits per heavy atom. The molecule has 1 aliphatic rings. The van der Waals surface area contributed by atoms with Crippen molar-refractivity contribution in [3.05, 3.63) is 0 Å². The molecule has 0 bridgehead atoms.